The first kappa shape index (κ1) is 21.2. The number of carbonyl (C=O) groups excluding carboxylic acids is 1. The van der Waals surface area contributed by atoms with E-state index in [1.54, 1.807) is 0 Å². The molecule has 0 aromatic rings. The van der Waals surface area contributed by atoms with Crippen molar-refractivity contribution in [1.82, 2.24) is 9.96 Å². The molecule has 1 amide bonds. The third kappa shape index (κ3) is 3.50. The van der Waals surface area contributed by atoms with E-state index in [1.807, 2.05) is 6.92 Å². The normalized spacial score (nSPS) is 36.0. The van der Waals surface area contributed by atoms with Crippen molar-refractivity contribution in [3.63, 3.8) is 0 Å². The molecule has 0 saturated carbocycles. The van der Waals surface area contributed by atoms with Crippen molar-refractivity contribution in [1.29, 1.82) is 0 Å². The molecule has 1 saturated heterocycles. The molecule has 0 aromatic heterocycles. The minimum Gasteiger partial charge on any atom is -0.334 e. The minimum atomic E-state index is -0.673. The maximum absolute atomic E-state index is 13.5. The van der Waals surface area contributed by atoms with Gasteiger partial charge in [-0.25, -0.2) is 0 Å². The molecule has 0 spiro atoms. The number of carbonyl (C=O) groups is 1. The third-order valence-corrected chi connectivity index (χ3v) is 6.39. The summed E-state index contributed by atoms with van der Waals surface area (Å²) < 4.78 is 0. The van der Waals surface area contributed by atoms with Crippen LogP contribution in [0.4, 0.5) is 0 Å². The molecule has 0 N–H and O–H groups in total. The first-order chi connectivity index (χ1) is 12.0. The number of hydroxylamine groups is 2. The number of piperazine rings is 1. The lowest BCUT2D eigenvalue weighted by Gasteiger charge is -2.60. The first-order valence-corrected chi connectivity index (χ1v) is 10.1. The van der Waals surface area contributed by atoms with E-state index in [4.69, 9.17) is 4.84 Å². The fourth-order valence-electron chi connectivity index (χ4n) is 3.97. The predicted octanol–water partition coefficient (Wildman–Crippen LogP) is 4.86. The molecule has 0 bridgehead atoms. The van der Waals surface area contributed by atoms with E-state index < -0.39 is 5.54 Å². The number of hydrogen-bond donors (Lipinski definition) is 0. The van der Waals surface area contributed by atoms with E-state index in [-0.39, 0.29) is 22.6 Å². The number of hydrogen-bond acceptors (Lipinski definition) is 3. The zero-order chi connectivity index (χ0) is 19.8. The molecule has 3 unspecified atom stereocenters. The van der Waals surface area contributed by atoms with E-state index in [0.29, 0.717) is 13.0 Å². The molecule has 2 rings (SSSR count). The average Bonchev–Trinajstić information content (AvgIpc) is 2.62. The summed E-state index contributed by atoms with van der Waals surface area (Å²) in [6.07, 6.45) is 11.8. The van der Waals surface area contributed by atoms with E-state index in [9.17, 15) is 4.79 Å². The van der Waals surface area contributed by atoms with Crippen LogP contribution in [-0.4, -0.2) is 44.6 Å². The van der Waals surface area contributed by atoms with Gasteiger partial charge in [0, 0.05) is 18.5 Å². The van der Waals surface area contributed by atoms with Gasteiger partial charge >= 0.3 is 0 Å². The molecule has 1 aliphatic carbocycles. The van der Waals surface area contributed by atoms with Gasteiger partial charge in [0.05, 0.1) is 5.54 Å². The van der Waals surface area contributed by atoms with E-state index in [1.165, 1.54) is 0 Å². The van der Waals surface area contributed by atoms with Crippen molar-refractivity contribution in [2.45, 2.75) is 103 Å². The summed E-state index contributed by atoms with van der Waals surface area (Å²) >= 11 is 0. The molecular weight excluding hydrogens is 324 g/mol. The maximum atomic E-state index is 13.5. The summed E-state index contributed by atoms with van der Waals surface area (Å²) in [7, 11) is 0. The maximum Gasteiger partial charge on any atom is 0.245 e. The molecule has 1 aliphatic heterocycles. The van der Waals surface area contributed by atoms with Crippen molar-refractivity contribution < 1.29 is 9.63 Å². The topological polar surface area (TPSA) is 32.8 Å². The van der Waals surface area contributed by atoms with Crippen LogP contribution in [0.1, 0.15) is 81.1 Å². The lowest BCUT2D eigenvalue weighted by Crippen LogP contribution is -2.75. The van der Waals surface area contributed by atoms with Crippen LogP contribution in [0, 0.1) is 0 Å². The predicted molar refractivity (Wildman–Crippen MR) is 108 cm³/mol. The van der Waals surface area contributed by atoms with Gasteiger partial charge in [-0.05, 0) is 53.9 Å². The zero-order valence-electron chi connectivity index (χ0n) is 18.1. The Morgan fingerprint density at radius 2 is 1.73 bits per heavy atom. The molecule has 0 aromatic carbocycles. The fraction of sp³-hybridized carbons (Fsp3) is 0.773. The highest BCUT2D eigenvalue weighted by Crippen LogP contribution is 2.43. The Bertz CT molecular complexity index is 591. The summed E-state index contributed by atoms with van der Waals surface area (Å²) in [5.41, 5.74) is -1.48. The lowest BCUT2D eigenvalue weighted by molar-refractivity contribution is -0.330. The highest BCUT2D eigenvalue weighted by molar-refractivity contribution is 5.87. The fourth-order valence-corrected chi connectivity index (χ4v) is 3.97. The van der Waals surface area contributed by atoms with Gasteiger partial charge in [-0.3, -0.25) is 9.63 Å². The molecule has 1 fully saturated rings. The smallest absolute Gasteiger partial charge is 0.245 e. The van der Waals surface area contributed by atoms with Crippen molar-refractivity contribution in [3.05, 3.63) is 24.3 Å². The summed E-state index contributed by atoms with van der Waals surface area (Å²) in [5.74, 6) is 0.167. The van der Waals surface area contributed by atoms with Crippen LogP contribution >= 0.6 is 0 Å². The average molecular weight is 363 g/mol. The first-order valence-electron chi connectivity index (χ1n) is 10.1. The zero-order valence-corrected chi connectivity index (χ0v) is 18.1. The Kier molecular flexibility index (Phi) is 5.80. The molecule has 0 radical (unpaired) electrons. The molecule has 2 aliphatic rings. The molecule has 4 nitrogen and oxygen atoms in total. The van der Waals surface area contributed by atoms with Crippen molar-refractivity contribution >= 4 is 5.91 Å². The Labute approximate surface area is 160 Å². The second-order valence-corrected chi connectivity index (χ2v) is 9.34. The highest BCUT2D eigenvalue weighted by atomic mass is 16.7. The van der Waals surface area contributed by atoms with Crippen molar-refractivity contribution in [2.75, 3.05) is 6.54 Å². The van der Waals surface area contributed by atoms with Crippen LogP contribution in [0.5, 0.6) is 0 Å². The molecule has 3 atom stereocenters. The largest absolute Gasteiger partial charge is 0.334 e. The minimum absolute atomic E-state index is 0.167. The lowest BCUT2D eigenvalue weighted by atomic mass is 9.81. The SMILES string of the molecule is CCC1(ON2C(C)(CC)CN(C(C)(C)C)C(=O)C2(C)CC)C=CC=CC1. The summed E-state index contributed by atoms with van der Waals surface area (Å²) in [5, 5.41) is 2.07. The van der Waals surface area contributed by atoms with Crippen LogP contribution in [0.2, 0.25) is 0 Å². The number of nitrogens with zero attached hydrogens (tertiary/aromatic N) is 2. The number of rotatable bonds is 5. The van der Waals surface area contributed by atoms with Gasteiger partial charge in [-0.15, -0.1) is 0 Å². The van der Waals surface area contributed by atoms with Gasteiger partial charge in [0.2, 0.25) is 5.91 Å². The van der Waals surface area contributed by atoms with Crippen molar-refractivity contribution in [3.8, 4) is 0 Å². The summed E-state index contributed by atoms with van der Waals surface area (Å²) in [4.78, 5) is 22.4. The molecular formula is C22H38N2O2. The van der Waals surface area contributed by atoms with Gasteiger partial charge in [-0.2, -0.15) is 5.06 Å². The standard InChI is InChI=1S/C22H38N2O2/c1-9-20(7)17-23(19(4,5)6)18(25)21(8,10-2)24(20)26-22(11-3)15-13-12-14-16-22/h12-15H,9-11,16-17H2,1-8H3. The van der Waals surface area contributed by atoms with Crippen LogP contribution in [-0.2, 0) is 9.63 Å². The molecule has 148 valence electrons. The van der Waals surface area contributed by atoms with Crippen LogP contribution in [0.3, 0.4) is 0 Å². The van der Waals surface area contributed by atoms with Crippen LogP contribution < -0.4 is 0 Å². The summed E-state index contributed by atoms with van der Waals surface area (Å²) in [6.45, 7) is 17.8. The third-order valence-electron chi connectivity index (χ3n) is 6.39. The quantitative estimate of drug-likeness (QED) is 0.700. The Morgan fingerprint density at radius 1 is 1.08 bits per heavy atom. The highest BCUT2D eigenvalue weighted by Gasteiger charge is 2.57. The van der Waals surface area contributed by atoms with E-state index in [0.717, 1.165) is 19.3 Å². The van der Waals surface area contributed by atoms with Crippen molar-refractivity contribution in [2.24, 2.45) is 0 Å². The van der Waals surface area contributed by atoms with Crippen LogP contribution in [0.15, 0.2) is 24.3 Å². The van der Waals surface area contributed by atoms with Gasteiger partial charge in [0.15, 0.2) is 0 Å². The Hall–Kier alpha value is -1.13. The number of amides is 1. The molecule has 26 heavy (non-hydrogen) atoms. The number of allylic oxidation sites excluding steroid dienone is 2. The Balaban J connectivity index is 2.49. The van der Waals surface area contributed by atoms with E-state index in [2.05, 4.69) is 82.7 Å². The second kappa shape index (κ2) is 7.12. The van der Waals surface area contributed by atoms with Crippen LogP contribution in [0.25, 0.3) is 0 Å². The van der Waals surface area contributed by atoms with Gasteiger partial charge in [0.1, 0.15) is 11.1 Å². The monoisotopic (exact) mass is 362 g/mol. The Morgan fingerprint density at radius 3 is 2.15 bits per heavy atom. The van der Waals surface area contributed by atoms with E-state index >= 15 is 0 Å². The second-order valence-electron chi connectivity index (χ2n) is 9.34. The summed E-state index contributed by atoms with van der Waals surface area (Å²) in [6, 6.07) is 0. The molecule has 4 heteroatoms. The van der Waals surface area contributed by atoms with Gasteiger partial charge in [0.25, 0.3) is 0 Å². The van der Waals surface area contributed by atoms with Gasteiger partial charge < -0.3 is 4.90 Å². The van der Waals surface area contributed by atoms with Gasteiger partial charge in [-0.1, -0.05) is 45.1 Å². The molecule has 1 heterocycles.